The summed E-state index contributed by atoms with van der Waals surface area (Å²) in [5, 5.41) is 3.74. The third-order valence-electron chi connectivity index (χ3n) is 8.46. The molecule has 8 rings (SSSR count). The number of hydrogen-bond donors (Lipinski definition) is 0. The molecule has 0 N–H and O–H groups in total. The molecule has 0 atom stereocenters. The van der Waals surface area contributed by atoms with Gasteiger partial charge < -0.3 is 9.55 Å². The predicted octanol–water partition coefficient (Wildman–Crippen LogP) is 11.0. The zero-order valence-corrected chi connectivity index (χ0v) is 31.5. The van der Waals surface area contributed by atoms with Crippen LogP contribution in [0.2, 0.25) is 19.6 Å². The van der Waals surface area contributed by atoms with Gasteiger partial charge in [0.2, 0.25) is 0 Å². The minimum Gasteiger partial charge on any atom is -0.364 e. The molecule has 1 radical (unpaired) electrons. The standard InChI is InChI=1S/C28H21N2S.C14H16NSi.Ir/c1-3-30-24-10-6-5-9-23(24)29-28(30)22-17-16-20(19-14-12-18(2)13-15-19)26-21-8-4-7-11-25(21)31-27(22)26;1-16(2,3)13-9-10-14(15-11-13)12-7-5-4-6-8-12;/h4-16H,3H2,1-2H3;4-7,9-11H,1-3H3;/q2*-1;/i2D3;;. The number of aromatic nitrogens is 3. The van der Waals surface area contributed by atoms with Crippen molar-refractivity contribution in [1.29, 1.82) is 0 Å². The van der Waals surface area contributed by atoms with Gasteiger partial charge in [0.05, 0.1) is 24.9 Å². The Hall–Kier alpha value is -4.19. The van der Waals surface area contributed by atoms with Crippen molar-refractivity contribution in [3.05, 3.63) is 139 Å². The Morgan fingerprint density at radius 3 is 2.33 bits per heavy atom. The summed E-state index contributed by atoms with van der Waals surface area (Å²) in [7, 11) is -1.23. The molecule has 3 nitrogen and oxygen atoms in total. The molecule has 8 aromatic rings. The van der Waals surface area contributed by atoms with Crippen molar-refractivity contribution in [2.75, 3.05) is 0 Å². The van der Waals surface area contributed by atoms with E-state index in [2.05, 4.69) is 90.7 Å². The molecule has 5 aromatic carbocycles. The SMILES string of the molecule is C[Si](C)(C)c1ccc(-c2[c-]cccc2)nc1.[2H]C([2H])([2H])c1ccc(-c2c[c-]c(-c3nc4ccccc4n3CC)c3sc4ccccc4c23)cc1.[Ir]. The van der Waals surface area contributed by atoms with Crippen molar-refractivity contribution in [3.63, 3.8) is 0 Å². The number of rotatable bonds is 5. The van der Waals surface area contributed by atoms with Gasteiger partial charge in [-0.2, -0.15) is 11.3 Å². The van der Waals surface area contributed by atoms with Crippen molar-refractivity contribution in [2.45, 2.75) is 40.0 Å². The van der Waals surface area contributed by atoms with Crippen LogP contribution in [0.3, 0.4) is 0 Å². The zero-order valence-electron chi connectivity index (χ0n) is 30.3. The Balaban J connectivity index is 0.000000222. The molecule has 0 saturated heterocycles. The van der Waals surface area contributed by atoms with E-state index in [0.717, 1.165) is 61.4 Å². The molecule has 0 aliphatic heterocycles. The van der Waals surface area contributed by atoms with E-state index in [1.54, 1.807) is 23.5 Å². The fourth-order valence-corrected chi connectivity index (χ4v) is 8.21. The second-order valence-electron chi connectivity index (χ2n) is 12.6. The van der Waals surface area contributed by atoms with E-state index in [1.807, 2.05) is 66.9 Å². The average molecular weight is 839 g/mol. The number of nitrogens with zero attached hydrogens (tertiary/aromatic N) is 3. The molecule has 0 aliphatic carbocycles. The van der Waals surface area contributed by atoms with Crippen molar-refractivity contribution < 1.29 is 24.2 Å². The molecule has 48 heavy (non-hydrogen) atoms. The molecule has 241 valence electrons. The maximum Gasteiger partial charge on any atom is 0.0795 e. The molecule has 0 fully saturated rings. The summed E-state index contributed by atoms with van der Waals surface area (Å²) in [4.78, 5) is 9.51. The van der Waals surface area contributed by atoms with Gasteiger partial charge in [0.15, 0.2) is 0 Å². The monoisotopic (exact) mass is 839 g/mol. The Morgan fingerprint density at radius 2 is 1.62 bits per heavy atom. The van der Waals surface area contributed by atoms with Crippen molar-refractivity contribution >= 4 is 55.8 Å². The van der Waals surface area contributed by atoms with Gasteiger partial charge in [0.1, 0.15) is 0 Å². The van der Waals surface area contributed by atoms with E-state index in [9.17, 15) is 0 Å². The molecule has 0 amide bonds. The first kappa shape index (κ1) is 29.9. The van der Waals surface area contributed by atoms with E-state index in [4.69, 9.17) is 9.10 Å². The number of aryl methyl sites for hydroxylation is 2. The Bertz CT molecular complexity index is 2430. The summed E-state index contributed by atoms with van der Waals surface area (Å²) < 4.78 is 27.7. The van der Waals surface area contributed by atoms with E-state index in [0.29, 0.717) is 5.56 Å². The third kappa shape index (κ3) is 6.59. The number of hydrogen-bond acceptors (Lipinski definition) is 3. The molecule has 0 unspecified atom stereocenters. The summed E-state index contributed by atoms with van der Waals surface area (Å²) in [6.07, 6.45) is 2.02. The van der Waals surface area contributed by atoms with Gasteiger partial charge in [0, 0.05) is 41.7 Å². The molecule has 0 aliphatic rings. The smallest absolute Gasteiger partial charge is 0.0795 e. The second kappa shape index (κ2) is 14.1. The van der Waals surface area contributed by atoms with Gasteiger partial charge in [-0.1, -0.05) is 114 Å². The van der Waals surface area contributed by atoms with Crippen molar-refractivity contribution in [3.8, 4) is 33.8 Å². The maximum atomic E-state index is 7.69. The van der Waals surface area contributed by atoms with Gasteiger partial charge in [-0.25, -0.2) is 0 Å². The number of thiophene rings is 1. The molecule has 6 heteroatoms. The minimum absolute atomic E-state index is 0. The molecule has 0 bridgehead atoms. The van der Waals surface area contributed by atoms with Crippen molar-refractivity contribution in [2.24, 2.45) is 0 Å². The number of imidazole rings is 1. The predicted molar refractivity (Wildman–Crippen MR) is 204 cm³/mol. The first-order valence-electron chi connectivity index (χ1n) is 17.4. The van der Waals surface area contributed by atoms with Crippen LogP contribution >= 0.6 is 11.3 Å². The Morgan fingerprint density at radius 1 is 0.854 bits per heavy atom. The van der Waals surface area contributed by atoms with Crippen LogP contribution in [0, 0.1) is 19.0 Å². The van der Waals surface area contributed by atoms with Crippen LogP contribution in [-0.4, -0.2) is 22.6 Å². The van der Waals surface area contributed by atoms with Crippen LogP contribution in [0.4, 0.5) is 0 Å². The Labute approximate surface area is 305 Å². The molecule has 0 saturated carbocycles. The van der Waals surface area contributed by atoms with Crippen LogP contribution in [0.5, 0.6) is 0 Å². The van der Waals surface area contributed by atoms with Gasteiger partial charge >= 0.3 is 0 Å². The van der Waals surface area contributed by atoms with Crippen molar-refractivity contribution in [1.82, 2.24) is 14.5 Å². The van der Waals surface area contributed by atoms with Gasteiger partial charge in [-0.05, 0) is 52.9 Å². The summed E-state index contributed by atoms with van der Waals surface area (Å²) >= 11 is 1.75. The van der Waals surface area contributed by atoms with Crippen LogP contribution < -0.4 is 5.19 Å². The van der Waals surface area contributed by atoms with E-state index >= 15 is 0 Å². The van der Waals surface area contributed by atoms with Crippen LogP contribution in [0.1, 0.15) is 16.6 Å². The molecular weight excluding hydrogens is 799 g/mol. The van der Waals surface area contributed by atoms with Crippen LogP contribution in [0.15, 0.2) is 121 Å². The first-order chi connectivity index (χ1) is 24.0. The minimum atomic E-state index is -2.11. The van der Waals surface area contributed by atoms with E-state index in [-0.39, 0.29) is 20.1 Å². The second-order valence-corrected chi connectivity index (χ2v) is 18.7. The van der Waals surface area contributed by atoms with Gasteiger partial charge in [0.25, 0.3) is 0 Å². The third-order valence-corrected chi connectivity index (χ3v) is 11.7. The van der Waals surface area contributed by atoms with Gasteiger partial charge in [-0.3, -0.25) is 4.98 Å². The maximum absolute atomic E-state index is 7.69. The zero-order chi connectivity index (χ0) is 35.0. The Kier molecular flexibility index (Phi) is 8.79. The largest absolute Gasteiger partial charge is 0.364 e. The number of pyridine rings is 1. The van der Waals surface area contributed by atoms with Crippen LogP contribution in [0.25, 0.3) is 65.0 Å². The fourth-order valence-electron chi connectivity index (χ4n) is 5.95. The summed E-state index contributed by atoms with van der Waals surface area (Å²) in [6, 6.07) is 44.9. The number of benzene rings is 5. The normalized spacial score (nSPS) is 12.5. The first-order valence-corrected chi connectivity index (χ1v) is 20.2. The van der Waals surface area contributed by atoms with E-state index in [1.165, 1.54) is 15.3 Å². The average Bonchev–Trinajstić information content (AvgIpc) is 3.70. The summed E-state index contributed by atoms with van der Waals surface area (Å²) in [6.45, 7) is 7.84. The van der Waals surface area contributed by atoms with Crippen LogP contribution in [-0.2, 0) is 26.7 Å². The molecule has 3 aromatic heterocycles. The summed E-state index contributed by atoms with van der Waals surface area (Å²) in [5.74, 6) is 0.921. The number of fused-ring (bicyclic) bond motifs is 4. The summed E-state index contributed by atoms with van der Waals surface area (Å²) in [5.41, 5.74) is 7.53. The molecule has 3 heterocycles. The van der Waals surface area contributed by atoms with Gasteiger partial charge in [-0.15, -0.1) is 48.0 Å². The number of para-hydroxylation sites is 2. The van der Waals surface area contributed by atoms with E-state index < -0.39 is 14.9 Å². The molecular formula is C42H37IrN3SSi-2. The molecule has 0 spiro atoms. The fraction of sp³-hybridized carbons (Fsp3) is 0.143. The quantitative estimate of drug-likeness (QED) is 0.128. The topological polar surface area (TPSA) is 30.7 Å².